The zero-order valence-corrected chi connectivity index (χ0v) is 22.8. The molecular weight excluding hydrogens is 492 g/mol. The third kappa shape index (κ3) is 10.1. The van der Waals surface area contributed by atoms with Gasteiger partial charge in [-0.2, -0.15) is 0 Å². The Morgan fingerprint density at radius 1 is 0.842 bits per heavy atom. The Bertz CT molecular complexity index is 1230. The van der Waals surface area contributed by atoms with E-state index in [-0.39, 0.29) is 24.1 Å². The maximum Gasteiger partial charge on any atom is 0.408 e. The number of pyridine rings is 1. The molecule has 1 heterocycles. The van der Waals surface area contributed by atoms with Gasteiger partial charge < -0.3 is 19.8 Å². The molecule has 0 aliphatic heterocycles. The molecule has 3 amide bonds. The summed E-state index contributed by atoms with van der Waals surface area (Å²) >= 11 is 0. The van der Waals surface area contributed by atoms with Gasteiger partial charge >= 0.3 is 12.1 Å². The monoisotopic (exact) mass is 528 g/mol. The Morgan fingerprint density at radius 3 is 2.03 bits per heavy atom. The zero-order chi connectivity index (χ0) is 28.7. The predicted octanol–water partition coefficient (Wildman–Crippen LogP) is 2.55. The lowest BCUT2D eigenvalue weighted by Crippen LogP contribution is -2.61. The highest BCUT2D eigenvalue weighted by molar-refractivity contribution is 5.92. The maximum atomic E-state index is 13.1. The highest BCUT2D eigenvalue weighted by Gasteiger charge is 2.37. The maximum absolute atomic E-state index is 13.1. The second-order valence-corrected chi connectivity index (χ2v) is 11.1. The Hall–Kier alpha value is -4.15. The number of hydrogen-bond acceptors (Lipinski definition) is 7. The number of esters is 1. The SMILES string of the molecule is CC(C)(C)OC(=O)NC(C)(Cc1ccccc1)C(=O)NNC(=O)Cc1cc(C(=O)OC(C)(C)C)cc(=O)[nH]1. The first kappa shape index (κ1) is 30.1. The van der Waals surface area contributed by atoms with Crippen LogP contribution in [-0.2, 0) is 31.9 Å². The Morgan fingerprint density at radius 2 is 1.45 bits per heavy atom. The number of alkyl carbamates (subject to hydrolysis) is 1. The molecule has 38 heavy (non-hydrogen) atoms. The molecule has 1 aromatic carbocycles. The smallest absolute Gasteiger partial charge is 0.408 e. The summed E-state index contributed by atoms with van der Waals surface area (Å²) in [5.41, 5.74) is 1.89. The number of hydrogen-bond donors (Lipinski definition) is 4. The van der Waals surface area contributed by atoms with Crippen LogP contribution in [0.5, 0.6) is 0 Å². The highest BCUT2D eigenvalue weighted by Crippen LogP contribution is 2.16. The highest BCUT2D eigenvalue weighted by atomic mass is 16.6. The zero-order valence-electron chi connectivity index (χ0n) is 22.8. The fourth-order valence-corrected chi connectivity index (χ4v) is 3.35. The molecule has 0 aliphatic rings. The van der Waals surface area contributed by atoms with Crippen molar-refractivity contribution >= 4 is 23.9 Å². The van der Waals surface area contributed by atoms with Crippen LogP contribution in [0.4, 0.5) is 4.79 Å². The normalized spacial score (nSPS) is 13.0. The first-order valence-corrected chi connectivity index (χ1v) is 12.1. The molecule has 0 aliphatic carbocycles. The van der Waals surface area contributed by atoms with Crippen molar-refractivity contribution in [2.24, 2.45) is 0 Å². The van der Waals surface area contributed by atoms with Crippen LogP contribution in [0.1, 0.15) is 70.1 Å². The Kier molecular flexibility index (Phi) is 9.44. The average Bonchev–Trinajstić information content (AvgIpc) is 2.75. The first-order valence-electron chi connectivity index (χ1n) is 12.1. The largest absolute Gasteiger partial charge is 0.456 e. The van der Waals surface area contributed by atoms with Gasteiger partial charge in [-0.25, -0.2) is 9.59 Å². The second-order valence-electron chi connectivity index (χ2n) is 11.1. The summed E-state index contributed by atoms with van der Waals surface area (Å²) in [4.78, 5) is 65.0. The van der Waals surface area contributed by atoms with Crippen molar-refractivity contribution in [1.82, 2.24) is 21.2 Å². The van der Waals surface area contributed by atoms with E-state index in [2.05, 4.69) is 21.2 Å². The van der Waals surface area contributed by atoms with Gasteiger partial charge in [0.05, 0.1) is 12.0 Å². The quantitative estimate of drug-likeness (QED) is 0.318. The van der Waals surface area contributed by atoms with E-state index in [4.69, 9.17) is 9.47 Å². The number of aromatic nitrogens is 1. The van der Waals surface area contributed by atoms with E-state index in [1.54, 1.807) is 65.8 Å². The van der Waals surface area contributed by atoms with Gasteiger partial charge in [0.1, 0.15) is 16.7 Å². The predicted molar refractivity (Wildman–Crippen MR) is 140 cm³/mol. The van der Waals surface area contributed by atoms with Crippen LogP contribution in [0.3, 0.4) is 0 Å². The van der Waals surface area contributed by atoms with Gasteiger partial charge in [-0.1, -0.05) is 30.3 Å². The molecule has 206 valence electrons. The van der Waals surface area contributed by atoms with Crippen molar-refractivity contribution in [3.8, 4) is 0 Å². The van der Waals surface area contributed by atoms with E-state index in [1.807, 2.05) is 6.07 Å². The number of ether oxygens (including phenoxy) is 2. The van der Waals surface area contributed by atoms with Gasteiger partial charge in [-0.05, 0) is 60.1 Å². The molecule has 4 N–H and O–H groups in total. The summed E-state index contributed by atoms with van der Waals surface area (Å²) in [7, 11) is 0. The van der Waals surface area contributed by atoms with Crippen LogP contribution in [-0.4, -0.2) is 45.6 Å². The lowest BCUT2D eigenvalue weighted by Gasteiger charge is -2.31. The molecule has 11 nitrogen and oxygen atoms in total. The number of H-pyrrole nitrogens is 1. The number of nitrogens with one attached hydrogen (secondary N) is 4. The Balaban J connectivity index is 2.12. The fraction of sp³-hybridized carbons (Fsp3) is 0.444. The van der Waals surface area contributed by atoms with Crippen LogP contribution in [0.15, 0.2) is 47.3 Å². The molecule has 1 aromatic heterocycles. The number of carbonyl (C=O) groups excluding carboxylic acids is 4. The fourth-order valence-electron chi connectivity index (χ4n) is 3.35. The van der Waals surface area contributed by atoms with E-state index in [0.29, 0.717) is 0 Å². The molecular formula is C27H36N4O7. The molecule has 0 radical (unpaired) electrons. The van der Waals surface area contributed by atoms with Crippen LogP contribution < -0.4 is 21.7 Å². The number of rotatable bonds is 7. The number of aromatic amines is 1. The van der Waals surface area contributed by atoms with Crippen LogP contribution in [0, 0.1) is 0 Å². The second kappa shape index (κ2) is 11.9. The third-order valence-corrected chi connectivity index (χ3v) is 4.88. The number of benzene rings is 1. The lowest BCUT2D eigenvalue weighted by molar-refractivity contribution is -0.132. The van der Waals surface area contributed by atoms with Crippen LogP contribution in [0.2, 0.25) is 0 Å². The van der Waals surface area contributed by atoms with E-state index >= 15 is 0 Å². The molecule has 0 fully saturated rings. The van der Waals surface area contributed by atoms with Gasteiger partial charge in [0, 0.05) is 18.2 Å². The minimum atomic E-state index is -1.48. The van der Waals surface area contributed by atoms with E-state index in [1.165, 1.54) is 13.0 Å². The molecule has 0 saturated heterocycles. The lowest BCUT2D eigenvalue weighted by atomic mass is 9.92. The van der Waals surface area contributed by atoms with Gasteiger partial charge in [-0.3, -0.25) is 25.2 Å². The minimum absolute atomic E-state index is 0.00694. The molecule has 0 saturated carbocycles. The molecule has 0 spiro atoms. The van der Waals surface area contributed by atoms with Crippen molar-refractivity contribution in [3.05, 3.63) is 69.6 Å². The van der Waals surface area contributed by atoms with Gasteiger partial charge in [0.2, 0.25) is 11.5 Å². The summed E-state index contributed by atoms with van der Waals surface area (Å²) in [6.45, 7) is 11.7. The number of hydrazine groups is 1. The summed E-state index contributed by atoms with van der Waals surface area (Å²) in [6, 6.07) is 11.4. The van der Waals surface area contributed by atoms with E-state index < -0.39 is 46.2 Å². The van der Waals surface area contributed by atoms with E-state index in [9.17, 15) is 24.0 Å². The number of amides is 3. The summed E-state index contributed by atoms with van der Waals surface area (Å²) in [6.07, 6.45) is -1.03. The standard InChI is InChI=1S/C27H36N4O7/c1-25(2,3)37-22(34)18-13-19(28-20(32)14-18)15-21(33)30-31-23(35)27(7,16-17-11-9-8-10-12-17)29-24(36)38-26(4,5)6/h8-14H,15-16H2,1-7H3,(H,28,32)(H,29,36)(H,30,33)(H,31,35). The molecule has 1 unspecified atom stereocenters. The number of carbonyl (C=O) groups is 4. The molecule has 2 aromatic rings. The molecule has 11 heteroatoms. The van der Waals surface area contributed by atoms with Gasteiger partial charge in [0.15, 0.2) is 0 Å². The average molecular weight is 529 g/mol. The van der Waals surface area contributed by atoms with Crippen molar-refractivity contribution in [2.75, 3.05) is 0 Å². The Labute approximate surface area is 221 Å². The topological polar surface area (TPSA) is 156 Å². The van der Waals surface area contributed by atoms with Gasteiger partial charge in [0.25, 0.3) is 5.91 Å². The molecule has 0 bridgehead atoms. The minimum Gasteiger partial charge on any atom is -0.456 e. The van der Waals surface area contributed by atoms with E-state index in [0.717, 1.165) is 11.6 Å². The summed E-state index contributed by atoms with van der Waals surface area (Å²) in [5.74, 6) is -2.07. The van der Waals surface area contributed by atoms with Crippen molar-refractivity contribution in [1.29, 1.82) is 0 Å². The van der Waals surface area contributed by atoms with Gasteiger partial charge in [-0.15, -0.1) is 0 Å². The first-order chi connectivity index (χ1) is 17.5. The summed E-state index contributed by atoms with van der Waals surface area (Å²) in [5, 5.41) is 2.59. The third-order valence-electron chi connectivity index (χ3n) is 4.88. The summed E-state index contributed by atoms with van der Waals surface area (Å²) < 4.78 is 10.6. The van der Waals surface area contributed by atoms with Crippen molar-refractivity contribution in [2.45, 2.75) is 78.0 Å². The van der Waals surface area contributed by atoms with Crippen molar-refractivity contribution in [3.63, 3.8) is 0 Å². The van der Waals surface area contributed by atoms with Crippen molar-refractivity contribution < 1.29 is 28.7 Å². The van der Waals surface area contributed by atoms with Crippen LogP contribution in [0.25, 0.3) is 0 Å². The van der Waals surface area contributed by atoms with Crippen LogP contribution >= 0.6 is 0 Å². The molecule has 2 rings (SSSR count). The molecule has 1 atom stereocenters.